The summed E-state index contributed by atoms with van der Waals surface area (Å²) in [7, 11) is 1.40. The van der Waals surface area contributed by atoms with Crippen molar-refractivity contribution in [1.82, 2.24) is 5.43 Å². The van der Waals surface area contributed by atoms with Crippen molar-refractivity contribution >= 4 is 29.6 Å². The van der Waals surface area contributed by atoms with Crippen molar-refractivity contribution in [2.75, 3.05) is 7.11 Å². The number of carbonyl (C=O) groups is 2. The van der Waals surface area contributed by atoms with Crippen molar-refractivity contribution in [3.63, 3.8) is 0 Å². The van der Waals surface area contributed by atoms with Crippen molar-refractivity contribution in [2.24, 2.45) is 16.8 Å². The van der Waals surface area contributed by atoms with E-state index < -0.39 is 6.03 Å². The third-order valence-electron chi connectivity index (χ3n) is 2.68. The van der Waals surface area contributed by atoms with Gasteiger partial charge in [-0.05, 0) is 30.9 Å². The van der Waals surface area contributed by atoms with Crippen LogP contribution in [0.3, 0.4) is 0 Å². The molecule has 1 aromatic heterocycles. The van der Waals surface area contributed by atoms with Gasteiger partial charge in [-0.3, -0.25) is 4.79 Å². The topological polar surface area (TPSA) is 93.8 Å². The van der Waals surface area contributed by atoms with E-state index in [2.05, 4.69) is 15.3 Å². The summed E-state index contributed by atoms with van der Waals surface area (Å²) in [6.45, 7) is 2.03. The van der Waals surface area contributed by atoms with E-state index >= 15 is 0 Å². The molecule has 0 aliphatic heterocycles. The number of aryl methyl sites for hydroxylation is 1. The van der Waals surface area contributed by atoms with Crippen molar-refractivity contribution < 1.29 is 14.3 Å². The van der Waals surface area contributed by atoms with Gasteiger partial charge in [-0.25, -0.2) is 10.2 Å². The van der Waals surface area contributed by atoms with Gasteiger partial charge in [0.15, 0.2) is 0 Å². The number of hydrogen-bond donors (Lipinski definition) is 2. The molecule has 110 valence electrons. The van der Waals surface area contributed by atoms with Gasteiger partial charge in [0.25, 0.3) is 0 Å². The minimum absolute atomic E-state index is 0.172. The molecule has 2 amide bonds. The van der Waals surface area contributed by atoms with E-state index in [4.69, 9.17) is 5.73 Å². The minimum Gasteiger partial charge on any atom is -0.469 e. The Morgan fingerprint density at radius 2 is 2.30 bits per heavy atom. The molecular weight excluding hydrogens is 278 g/mol. The Morgan fingerprint density at radius 1 is 1.55 bits per heavy atom. The molecule has 20 heavy (non-hydrogen) atoms. The molecule has 0 spiro atoms. The van der Waals surface area contributed by atoms with Crippen molar-refractivity contribution in [2.45, 2.75) is 26.2 Å². The van der Waals surface area contributed by atoms with Gasteiger partial charge >= 0.3 is 12.0 Å². The van der Waals surface area contributed by atoms with Crippen molar-refractivity contribution in [3.8, 4) is 0 Å². The van der Waals surface area contributed by atoms with Crippen LogP contribution in [0.2, 0.25) is 0 Å². The molecule has 0 bridgehead atoms. The highest BCUT2D eigenvalue weighted by Gasteiger charge is 2.09. The van der Waals surface area contributed by atoms with E-state index in [9.17, 15) is 9.59 Å². The molecule has 1 aromatic rings. The molecule has 3 N–H and O–H groups in total. The number of nitrogens with two attached hydrogens (primary N) is 1. The van der Waals surface area contributed by atoms with Gasteiger partial charge < -0.3 is 10.5 Å². The second kappa shape index (κ2) is 8.31. The first-order valence-corrected chi connectivity index (χ1v) is 7.07. The summed E-state index contributed by atoms with van der Waals surface area (Å²) < 4.78 is 4.64. The summed E-state index contributed by atoms with van der Waals surface area (Å²) in [5, 5.41) is 3.70. The number of ether oxygens (including phenoxy) is 1. The van der Waals surface area contributed by atoms with Crippen LogP contribution < -0.4 is 11.2 Å². The third kappa shape index (κ3) is 6.33. The number of methoxy groups -OCH3 is 1. The Balaban J connectivity index is 2.38. The number of hydrogen-bond acceptors (Lipinski definition) is 5. The van der Waals surface area contributed by atoms with Gasteiger partial charge in [0.2, 0.25) is 0 Å². The molecule has 0 saturated carbocycles. The first-order chi connectivity index (χ1) is 9.51. The summed E-state index contributed by atoms with van der Waals surface area (Å²) in [6.07, 6.45) is 3.82. The quantitative estimate of drug-likeness (QED) is 0.457. The molecule has 0 aliphatic carbocycles. The second-order valence-electron chi connectivity index (χ2n) is 4.46. The number of primary amides is 1. The van der Waals surface area contributed by atoms with Crippen molar-refractivity contribution in [1.29, 1.82) is 0 Å². The van der Waals surface area contributed by atoms with Gasteiger partial charge in [-0.15, -0.1) is 11.3 Å². The highest BCUT2D eigenvalue weighted by atomic mass is 32.1. The van der Waals surface area contributed by atoms with Gasteiger partial charge in [0.1, 0.15) is 0 Å². The van der Waals surface area contributed by atoms with Crippen LogP contribution in [0, 0.1) is 5.92 Å². The Morgan fingerprint density at radius 3 is 2.95 bits per heavy atom. The Bertz CT molecular complexity index is 485. The number of esters is 1. The Labute approximate surface area is 122 Å². The zero-order chi connectivity index (χ0) is 15.0. The zero-order valence-electron chi connectivity index (χ0n) is 11.6. The molecule has 1 unspecified atom stereocenters. The molecule has 0 saturated heterocycles. The lowest BCUT2D eigenvalue weighted by atomic mass is 10.0. The first kappa shape index (κ1) is 16.2. The standard InChI is InChI=1S/C13H19N3O3S/c1-9(7-12(17)19-2)3-4-10-5-6-11(20-10)8-15-16-13(14)18/h5-6,8-9H,3-4,7H2,1-2H3,(H3,14,16,18)/b15-8+. The van der Waals surface area contributed by atoms with Crippen LogP contribution in [-0.2, 0) is 16.0 Å². The maximum atomic E-state index is 11.1. The predicted molar refractivity (Wildman–Crippen MR) is 78.8 cm³/mol. The van der Waals surface area contributed by atoms with Crippen LogP contribution in [0.15, 0.2) is 17.2 Å². The molecule has 1 atom stereocenters. The largest absolute Gasteiger partial charge is 0.469 e. The van der Waals surface area contributed by atoms with E-state index in [0.29, 0.717) is 6.42 Å². The molecule has 6 nitrogen and oxygen atoms in total. The van der Waals surface area contributed by atoms with Crippen LogP contribution in [0.4, 0.5) is 4.79 Å². The number of hydrazone groups is 1. The average Bonchev–Trinajstić information content (AvgIpc) is 2.83. The number of rotatable bonds is 7. The van der Waals surface area contributed by atoms with Gasteiger partial charge in [-0.2, -0.15) is 5.10 Å². The highest BCUT2D eigenvalue weighted by Crippen LogP contribution is 2.19. The van der Waals surface area contributed by atoms with Crippen LogP contribution in [0.25, 0.3) is 0 Å². The average molecular weight is 297 g/mol. The van der Waals surface area contributed by atoms with E-state index in [1.54, 1.807) is 17.6 Å². The molecular formula is C13H19N3O3S. The predicted octanol–water partition coefficient (Wildman–Crippen LogP) is 1.88. The number of carbonyl (C=O) groups excluding carboxylic acids is 2. The lowest BCUT2D eigenvalue weighted by molar-refractivity contribution is -0.141. The summed E-state index contributed by atoms with van der Waals surface area (Å²) in [6, 6.07) is 3.26. The van der Waals surface area contributed by atoms with E-state index in [0.717, 1.165) is 17.7 Å². The number of nitrogens with one attached hydrogen (secondary N) is 1. The van der Waals surface area contributed by atoms with Crippen LogP contribution in [-0.4, -0.2) is 25.3 Å². The fraction of sp³-hybridized carbons (Fsp3) is 0.462. The van der Waals surface area contributed by atoms with Gasteiger partial charge in [0, 0.05) is 16.2 Å². The highest BCUT2D eigenvalue weighted by molar-refractivity contribution is 7.13. The van der Waals surface area contributed by atoms with Crippen molar-refractivity contribution in [3.05, 3.63) is 21.9 Å². The molecule has 0 fully saturated rings. The summed E-state index contributed by atoms with van der Waals surface area (Å²) in [4.78, 5) is 23.7. The van der Waals surface area contributed by atoms with E-state index in [-0.39, 0.29) is 11.9 Å². The molecule has 0 aromatic carbocycles. The Hall–Kier alpha value is -1.89. The summed E-state index contributed by atoms with van der Waals surface area (Å²) in [5.41, 5.74) is 7.04. The normalized spacial score (nSPS) is 12.3. The van der Waals surface area contributed by atoms with E-state index in [1.807, 2.05) is 19.1 Å². The number of urea groups is 1. The fourth-order valence-electron chi connectivity index (χ4n) is 1.62. The van der Waals surface area contributed by atoms with Crippen LogP contribution in [0.1, 0.15) is 29.5 Å². The Kier molecular flexibility index (Phi) is 6.72. The lowest BCUT2D eigenvalue weighted by Gasteiger charge is -2.08. The molecule has 0 radical (unpaired) electrons. The number of nitrogens with zero attached hydrogens (tertiary/aromatic N) is 1. The van der Waals surface area contributed by atoms with Crippen LogP contribution >= 0.6 is 11.3 Å². The maximum absolute atomic E-state index is 11.1. The number of thiophene rings is 1. The monoisotopic (exact) mass is 297 g/mol. The van der Waals surface area contributed by atoms with E-state index in [1.165, 1.54) is 12.0 Å². The molecule has 7 heteroatoms. The maximum Gasteiger partial charge on any atom is 0.332 e. The lowest BCUT2D eigenvalue weighted by Crippen LogP contribution is -2.24. The first-order valence-electron chi connectivity index (χ1n) is 6.25. The third-order valence-corrected chi connectivity index (χ3v) is 3.75. The SMILES string of the molecule is COC(=O)CC(C)CCc1ccc(/C=N/NC(N)=O)s1. The number of amides is 2. The fourth-order valence-corrected chi connectivity index (χ4v) is 2.52. The molecule has 0 aliphatic rings. The smallest absolute Gasteiger partial charge is 0.332 e. The second-order valence-corrected chi connectivity index (χ2v) is 5.66. The molecule has 1 heterocycles. The van der Waals surface area contributed by atoms with Crippen LogP contribution in [0.5, 0.6) is 0 Å². The summed E-state index contributed by atoms with van der Waals surface area (Å²) >= 11 is 1.59. The summed E-state index contributed by atoms with van der Waals surface area (Å²) in [5.74, 6) is 0.118. The molecule has 1 rings (SSSR count). The van der Waals surface area contributed by atoms with Gasteiger partial charge in [0.05, 0.1) is 13.3 Å². The zero-order valence-corrected chi connectivity index (χ0v) is 12.4. The van der Waals surface area contributed by atoms with Gasteiger partial charge in [-0.1, -0.05) is 6.92 Å². The minimum atomic E-state index is -0.685.